The molecular weight excluding hydrogens is 465 g/mol. The van der Waals surface area contributed by atoms with Crippen molar-refractivity contribution in [1.82, 2.24) is 4.90 Å². The molecule has 0 radical (unpaired) electrons. The van der Waals surface area contributed by atoms with Gasteiger partial charge in [-0.3, -0.25) is 9.69 Å². The summed E-state index contributed by atoms with van der Waals surface area (Å²) in [7, 11) is 0. The van der Waals surface area contributed by atoms with Gasteiger partial charge >= 0.3 is 12.1 Å². The van der Waals surface area contributed by atoms with Crippen LogP contribution in [0.2, 0.25) is 0 Å². The highest BCUT2D eigenvalue weighted by Crippen LogP contribution is 2.32. The van der Waals surface area contributed by atoms with Gasteiger partial charge in [0.15, 0.2) is 0 Å². The second kappa shape index (κ2) is 10.7. The third-order valence-electron chi connectivity index (χ3n) is 7.18. The Hall–Kier alpha value is -3.32. The Morgan fingerprint density at radius 1 is 0.806 bits per heavy atom. The lowest BCUT2D eigenvalue weighted by Crippen LogP contribution is -2.47. The van der Waals surface area contributed by atoms with Crippen LogP contribution in [0.25, 0.3) is 11.1 Å². The lowest BCUT2D eigenvalue weighted by Gasteiger charge is -2.36. The van der Waals surface area contributed by atoms with Gasteiger partial charge in [0.05, 0.1) is 11.0 Å². The van der Waals surface area contributed by atoms with E-state index in [2.05, 4.69) is 9.80 Å². The molecule has 0 amide bonds. The average molecular weight is 497 g/mol. The summed E-state index contributed by atoms with van der Waals surface area (Å²) in [6, 6.07) is 22.6. The molecule has 0 spiro atoms. The van der Waals surface area contributed by atoms with Gasteiger partial charge in [-0.15, -0.1) is 0 Å². The van der Waals surface area contributed by atoms with Gasteiger partial charge < -0.3 is 10.0 Å². The fourth-order valence-electron chi connectivity index (χ4n) is 4.78. The van der Waals surface area contributed by atoms with Gasteiger partial charge in [0.1, 0.15) is 0 Å². The Morgan fingerprint density at radius 3 is 1.89 bits per heavy atom. The van der Waals surface area contributed by atoms with Gasteiger partial charge in [-0.25, -0.2) is 0 Å². The molecule has 1 saturated heterocycles. The zero-order valence-corrected chi connectivity index (χ0v) is 20.3. The molecule has 1 fully saturated rings. The largest absolute Gasteiger partial charge is 0.481 e. The van der Waals surface area contributed by atoms with Crippen molar-refractivity contribution in [3.05, 3.63) is 90.0 Å². The predicted molar refractivity (Wildman–Crippen MR) is 136 cm³/mol. The van der Waals surface area contributed by atoms with Gasteiger partial charge in [0.2, 0.25) is 0 Å². The van der Waals surface area contributed by atoms with E-state index in [0.29, 0.717) is 6.42 Å². The van der Waals surface area contributed by atoms with Crippen LogP contribution in [0.5, 0.6) is 0 Å². The molecule has 1 N–H and O–H groups in total. The molecule has 4 rings (SSSR count). The minimum Gasteiger partial charge on any atom is -0.481 e. The number of benzene rings is 3. The first-order chi connectivity index (χ1) is 17.2. The molecule has 0 aliphatic carbocycles. The first-order valence-electron chi connectivity index (χ1n) is 12.2. The molecule has 1 aliphatic heterocycles. The number of piperazine rings is 1. The second-order valence-electron chi connectivity index (χ2n) is 9.56. The van der Waals surface area contributed by atoms with Crippen LogP contribution in [-0.2, 0) is 16.4 Å². The van der Waals surface area contributed by atoms with Crippen LogP contribution in [-0.4, -0.2) is 48.7 Å². The van der Waals surface area contributed by atoms with Crippen LogP contribution in [0.1, 0.15) is 30.9 Å². The molecule has 1 unspecified atom stereocenters. The van der Waals surface area contributed by atoms with Crippen molar-refractivity contribution in [3.63, 3.8) is 0 Å². The lowest BCUT2D eigenvalue weighted by molar-refractivity contribution is -0.143. The Morgan fingerprint density at radius 2 is 1.36 bits per heavy atom. The van der Waals surface area contributed by atoms with E-state index in [9.17, 15) is 23.1 Å². The molecule has 3 aromatic carbocycles. The smallest absolute Gasteiger partial charge is 0.416 e. The van der Waals surface area contributed by atoms with E-state index in [4.69, 9.17) is 0 Å². The highest BCUT2D eigenvalue weighted by Gasteiger charge is 2.34. The van der Waals surface area contributed by atoms with E-state index in [0.717, 1.165) is 73.7 Å². The zero-order chi connectivity index (χ0) is 25.8. The monoisotopic (exact) mass is 496 g/mol. The third-order valence-corrected chi connectivity index (χ3v) is 7.18. The first kappa shape index (κ1) is 25.8. The van der Waals surface area contributed by atoms with Gasteiger partial charge in [-0.2, -0.15) is 13.2 Å². The summed E-state index contributed by atoms with van der Waals surface area (Å²) < 4.78 is 38.4. The maximum atomic E-state index is 12.8. The van der Waals surface area contributed by atoms with Crippen molar-refractivity contribution in [2.75, 3.05) is 37.6 Å². The quantitative estimate of drug-likeness (QED) is 0.397. The van der Waals surface area contributed by atoms with Gasteiger partial charge in [0.25, 0.3) is 0 Å². The maximum absolute atomic E-state index is 12.8. The molecule has 4 nitrogen and oxygen atoms in total. The number of aliphatic carboxylic acids is 1. The van der Waals surface area contributed by atoms with Crippen molar-refractivity contribution in [1.29, 1.82) is 0 Å². The molecule has 1 heterocycles. The highest BCUT2D eigenvalue weighted by atomic mass is 19.4. The molecule has 0 bridgehead atoms. The molecule has 7 heteroatoms. The number of carboxylic acid groups (broad SMARTS) is 1. The van der Waals surface area contributed by atoms with Crippen molar-refractivity contribution < 1.29 is 23.1 Å². The number of carboxylic acids is 1. The lowest BCUT2D eigenvalue weighted by atomic mass is 9.78. The Labute approximate surface area is 210 Å². The summed E-state index contributed by atoms with van der Waals surface area (Å²) in [5.74, 6) is -0.793. The molecular formula is C29H31F3N2O2. The van der Waals surface area contributed by atoms with Crippen LogP contribution >= 0.6 is 0 Å². The number of hydrogen-bond donors (Lipinski definition) is 1. The summed E-state index contributed by atoms with van der Waals surface area (Å²) in [5.41, 5.74) is 2.02. The fourth-order valence-corrected chi connectivity index (χ4v) is 4.78. The molecule has 0 aromatic heterocycles. The predicted octanol–water partition coefficient (Wildman–Crippen LogP) is 6.32. The summed E-state index contributed by atoms with van der Waals surface area (Å²) >= 11 is 0. The highest BCUT2D eigenvalue weighted by molar-refractivity contribution is 5.80. The molecule has 1 aliphatic rings. The van der Waals surface area contributed by atoms with E-state index >= 15 is 0 Å². The summed E-state index contributed by atoms with van der Waals surface area (Å²) in [4.78, 5) is 16.7. The van der Waals surface area contributed by atoms with E-state index in [-0.39, 0.29) is 0 Å². The Kier molecular flexibility index (Phi) is 7.69. The minimum absolute atomic E-state index is 0.581. The van der Waals surface area contributed by atoms with Gasteiger partial charge in [-0.1, -0.05) is 54.6 Å². The summed E-state index contributed by atoms with van der Waals surface area (Å²) in [6.45, 7) is 6.20. The number of rotatable bonds is 8. The Bertz CT molecular complexity index is 1140. The van der Waals surface area contributed by atoms with Gasteiger partial charge in [0, 0.05) is 31.9 Å². The molecule has 190 valence electrons. The number of nitrogens with zero attached hydrogens (tertiary/aromatic N) is 2. The van der Waals surface area contributed by atoms with Gasteiger partial charge in [-0.05, 0) is 67.3 Å². The number of carbonyl (C=O) groups is 1. The maximum Gasteiger partial charge on any atom is 0.416 e. The zero-order valence-electron chi connectivity index (χ0n) is 20.3. The van der Waals surface area contributed by atoms with Crippen molar-refractivity contribution in [2.45, 2.75) is 31.4 Å². The van der Waals surface area contributed by atoms with E-state index in [1.165, 1.54) is 12.1 Å². The molecule has 3 aromatic rings. The summed E-state index contributed by atoms with van der Waals surface area (Å²) in [5, 5.41) is 9.85. The number of anilines is 1. The normalized spacial score (nSPS) is 16.5. The minimum atomic E-state index is -4.33. The topological polar surface area (TPSA) is 43.8 Å². The number of hydrogen-bond acceptors (Lipinski definition) is 3. The third kappa shape index (κ3) is 5.90. The standard InChI is InChI=1S/C29H31F3N2O2/c1-28(27(35)36,24-6-3-2-4-7-24)16-5-17-33-18-20-34(21-19-33)26-14-10-23(11-15-26)22-8-12-25(13-9-22)29(30,31)32/h2-4,6-15H,5,16-21H2,1H3,(H,35,36). The van der Waals surface area contributed by atoms with Crippen LogP contribution in [0.4, 0.5) is 18.9 Å². The van der Waals surface area contributed by atoms with Crippen LogP contribution in [0, 0.1) is 0 Å². The van der Waals surface area contributed by atoms with Crippen LogP contribution in [0.15, 0.2) is 78.9 Å². The van der Waals surface area contributed by atoms with Crippen molar-refractivity contribution in [2.24, 2.45) is 0 Å². The Balaban J connectivity index is 1.28. The van der Waals surface area contributed by atoms with Crippen LogP contribution < -0.4 is 4.90 Å². The molecule has 1 atom stereocenters. The SMILES string of the molecule is CC(CCCN1CCN(c2ccc(-c3ccc(C(F)(F)F)cc3)cc2)CC1)(C(=O)O)c1ccccc1. The number of alkyl halides is 3. The molecule has 0 saturated carbocycles. The van der Waals surface area contributed by atoms with E-state index < -0.39 is 23.1 Å². The van der Waals surface area contributed by atoms with Crippen molar-refractivity contribution in [3.8, 4) is 11.1 Å². The van der Waals surface area contributed by atoms with E-state index in [1.54, 1.807) is 6.92 Å². The number of halogens is 3. The fraction of sp³-hybridized carbons (Fsp3) is 0.345. The van der Waals surface area contributed by atoms with Crippen LogP contribution in [0.3, 0.4) is 0 Å². The summed E-state index contributed by atoms with van der Waals surface area (Å²) in [6.07, 6.45) is -2.94. The molecule has 36 heavy (non-hydrogen) atoms. The first-order valence-corrected chi connectivity index (χ1v) is 12.2. The average Bonchev–Trinajstić information content (AvgIpc) is 2.89. The van der Waals surface area contributed by atoms with E-state index in [1.807, 2.05) is 54.6 Å². The second-order valence-corrected chi connectivity index (χ2v) is 9.56. The van der Waals surface area contributed by atoms with Crippen molar-refractivity contribution >= 4 is 11.7 Å².